The molecule has 0 radical (unpaired) electrons. The van der Waals surface area contributed by atoms with Crippen LogP contribution in [0.2, 0.25) is 0 Å². The fraction of sp³-hybridized carbons (Fsp3) is 0.800. The zero-order chi connectivity index (χ0) is 20.1. The Labute approximate surface area is 176 Å². The molecule has 3 aliphatic heterocycles. The van der Waals surface area contributed by atoms with E-state index in [4.69, 9.17) is 0 Å². The highest BCUT2D eigenvalue weighted by Crippen LogP contribution is 2.33. The Bertz CT molecular complexity index is 703. The largest absolute Gasteiger partial charge is 0.354 e. The highest BCUT2D eigenvalue weighted by molar-refractivity contribution is 7.19. The van der Waals surface area contributed by atoms with E-state index < -0.39 is 0 Å². The van der Waals surface area contributed by atoms with Gasteiger partial charge in [0.05, 0.1) is 0 Å². The summed E-state index contributed by atoms with van der Waals surface area (Å²) in [6.07, 6.45) is 9.58. The molecular weight excluding hydrogens is 388 g/mol. The van der Waals surface area contributed by atoms with E-state index in [2.05, 4.69) is 25.3 Å². The number of anilines is 2. The van der Waals surface area contributed by atoms with Crippen LogP contribution in [0.1, 0.15) is 57.8 Å². The van der Waals surface area contributed by atoms with Crippen LogP contribution in [-0.2, 0) is 9.59 Å². The molecule has 3 aliphatic rings. The standard InChI is InChI=1S/C20H32N6O2S/c27-17-9-6-15-26(17)20-23-22-19(29-20)25-14-5-8-16(25)18(28)21-10-7-13-24-11-3-1-2-4-12-24/h16H,1-15H2,(H,21,28)/t16-/m0/s1. The number of carbonyl (C=O) groups excluding carboxylic acids is 2. The van der Waals surface area contributed by atoms with Gasteiger partial charge in [0.15, 0.2) is 0 Å². The van der Waals surface area contributed by atoms with E-state index in [0.29, 0.717) is 18.1 Å². The highest BCUT2D eigenvalue weighted by atomic mass is 32.1. The smallest absolute Gasteiger partial charge is 0.242 e. The monoisotopic (exact) mass is 420 g/mol. The topological polar surface area (TPSA) is 81.7 Å². The molecule has 0 aromatic carbocycles. The Balaban J connectivity index is 1.26. The van der Waals surface area contributed by atoms with Gasteiger partial charge in [0.1, 0.15) is 6.04 Å². The second-order valence-corrected chi connectivity index (χ2v) is 9.20. The van der Waals surface area contributed by atoms with Crippen LogP contribution in [0.4, 0.5) is 10.3 Å². The maximum Gasteiger partial charge on any atom is 0.242 e. The summed E-state index contributed by atoms with van der Waals surface area (Å²) in [4.78, 5) is 31.0. The lowest BCUT2D eigenvalue weighted by Gasteiger charge is -2.23. The molecule has 3 saturated heterocycles. The van der Waals surface area contributed by atoms with Crippen molar-refractivity contribution in [3.8, 4) is 0 Å². The van der Waals surface area contributed by atoms with Crippen molar-refractivity contribution in [2.75, 3.05) is 49.1 Å². The Kier molecular flexibility index (Phi) is 6.97. The summed E-state index contributed by atoms with van der Waals surface area (Å²) in [5.41, 5.74) is 0. The number of nitrogens with one attached hydrogen (secondary N) is 1. The number of nitrogens with zero attached hydrogens (tertiary/aromatic N) is 5. The molecule has 0 unspecified atom stereocenters. The first-order valence-corrected chi connectivity index (χ1v) is 11.9. The Hall–Kier alpha value is -1.74. The van der Waals surface area contributed by atoms with E-state index in [1.54, 1.807) is 4.90 Å². The SMILES string of the molecule is O=C(NCCCN1CCCCCC1)[C@@H]1CCCN1c1nnc(N2CCCC2=O)s1. The first-order chi connectivity index (χ1) is 14.2. The molecule has 3 fully saturated rings. The van der Waals surface area contributed by atoms with Crippen LogP contribution in [-0.4, -0.2) is 72.2 Å². The van der Waals surface area contributed by atoms with Gasteiger partial charge in [-0.15, -0.1) is 10.2 Å². The summed E-state index contributed by atoms with van der Waals surface area (Å²) in [6, 6.07) is -0.178. The van der Waals surface area contributed by atoms with Gasteiger partial charge >= 0.3 is 0 Å². The van der Waals surface area contributed by atoms with Crippen molar-refractivity contribution < 1.29 is 9.59 Å². The second-order valence-electron chi connectivity index (χ2n) is 8.27. The summed E-state index contributed by atoms with van der Waals surface area (Å²) in [5, 5.41) is 13.1. The van der Waals surface area contributed by atoms with E-state index >= 15 is 0 Å². The first-order valence-electron chi connectivity index (χ1n) is 11.1. The van der Waals surface area contributed by atoms with Crippen molar-refractivity contribution in [1.29, 1.82) is 0 Å². The minimum absolute atomic E-state index is 0.0902. The Morgan fingerprint density at radius 1 is 1.00 bits per heavy atom. The maximum absolute atomic E-state index is 12.8. The third-order valence-electron chi connectivity index (χ3n) is 6.16. The number of aromatic nitrogens is 2. The summed E-state index contributed by atoms with van der Waals surface area (Å²) >= 11 is 1.42. The molecule has 8 nitrogen and oxygen atoms in total. The molecule has 29 heavy (non-hydrogen) atoms. The molecule has 0 aliphatic carbocycles. The van der Waals surface area contributed by atoms with E-state index in [1.165, 1.54) is 50.1 Å². The first kappa shape index (κ1) is 20.5. The molecule has 160 valence electrons. The number of hydrogen-bond acceptors (Lipinski definition) is 7. The maximum atomic E-state index is 12.8. The minimum atomic E-state index is -0.178. The van der Waals surface area contributed by atoms with Crippen LogP contribution in [0.5, 0.6) is 0 Å². The molecule has 2 amide bonds. The van der Waals surface area contributed by atoms with Gasteiger partial charge < -0.3 is 15.1 Å². The normalized spacial score (nSPS) is 23.6. The minimum Gasteiger partial charge on any atom is -0.354 e. The predicted octanol–water partition coefficient (Wildman–Crippen LogP) is 2.02. The lowest BCUT2D eigenvalue weighted by atomic mass is 10.2. The fourth-order valence-electron chi connectivity index (χ4n) is 4.54. The summed E-state index contributed by atoms with van der Waals surface area (Å²) in [7, 11) is 0. The van der Waals surface area contributed by atoms with E-state index in [9.17, 15) is 9.59 Å². The quantitative estimate of drug-likeness (QED) is 0.680. The lowest BCUT2D eigenvalue weighted by molar-refractivity contribution is -0.122. The van der Waals surface area contributed by atoms with Crippen molar-refractivity contribution in [2.45, 2.75) is 63.8 Å². The van der Waals surface area contributed by atoms with Gasteiger partial charge in [0, 0.05) is 26.1 Å². The second kappa shape index (κ2) is 9.84. The summed E-state index contributed by atoms with van der Waals surface area (Å²) < 4.78 is 0. The van der Waals surface area contributed by atoms with Crippen molar-refractivity contribution in [2.24, 2.45) is 0 Å². The van der Waals surface area contributed by atoms with Crippen molar-refractivity contribution in [1.82, 2.24) is 20.4 Å². The molecule has 1 N–H and O–H groups in total. The highest BCUT2D eigenvalue weighted by Gasteiger charge is 2.34. The fourth-order valence-corrected chi connectivity index (χ4v) is 5.51. The van der Waals surface area contributed by atoms with Crippen LogP contribution in [0, 0.1) is 0 Å². The summed E-state index contributed by atoms with van der Waals surface area (Å²) in [5.74, 6) is 0.209. The van der Waals surface area contributed by atoms with Crippen molar-refractivity contribution in [3.05, 3.63) is 0 Å². The van der Waals surface area contributed by atoms with Crippen LogP contribution < -0.4 is 15.1 Å². The van der Waals surface area contributed by atoms with Crippen molar-refractivity contribution >= 4 is 33.4 Å². The molecule has 0 spiro atoms. The lowest BCUT2D eigenvalue weighted by Crippen LogP contribution is -2.44. The molecule has 1 aromatic rings. The van der Waals surface area contributed by atoms with E-state index in [1.807, 2.05) is 0 Å². The number of hydrogen-bond donors (Lipinski definition) is 1. The number of likely N-dealkylation sites (tertiary alicyclic amines) is 1. The number of amides is 2. The van der Waals surface area contributed by atoms with Gasteiger partial charge in [-0.05, 0) is 58.2 Å². The predicted molar refractivity (Wildman–Crippen MR) is 114 cm³/mol. The van der Waals surface area contributed by atoms with Crippen LogP contribution in [0.15, 0.2) is 0 Å². The molecule has 9 heteroatoms. The number of rotatable bonds is 7. The molecule has 0 saturated carbocycles. The van der Waals surface area contributed by atoms with E-state index in [-0.39, 0.29) is 17.9 Å². The third kappa shape index (κ3) is 5.06. The van der Waals surface area contributed by atoms with Crippen LogP contribution in [0.3, 0.4) is 0 Å². The molecule has 1 atom stereocenters. The van der Waals surface area contributed by atoms with Gasteiger partial charge in [0.25, 0.3) is 0 Å². The molecule has 0 bridgehead atoms. The third-order valence-corrected chi connectivity index (χ3v) is 7.14. The van der Waals surface area contributed by atoms with Crippen LogP contribution >= 0.6 is 11.3 Å². The Morgan fingerprint density at radius 3 is 2.55 bits per heavy atom. The summed E-state index contributed by atoms with van der Waals surface area (Å²) in [6.45, 7) is 5.72. The molecule has 1 aromatic heterocycles. The van der Waals surface area contributed by atoms with Crippen molar-refractivity contribution in [3.63, 3.8) is 0 Å². The van der Waals surface area contributed by atoms with Gasteiger partial charge in [-0.25, -0.2) is 0 Å². The zero-order valence-corrected chi connectivity index (χ0v) is 18.0. The van der Waals surface area contributed by atoms with Gasteiger partial charge in [-0.3, -0.25) is 14.5 Å². The number of carbonyl (C=O) groups is 2. The van der Waals surface area contributed by atoms with Gasteiger partial charge in [0.2, 0.25) is 22.1 Å². The van der Waals surface area contributed by atoms with Gasteiger partial charge in [-0.2, -0.15) is 0 Å². The average Bonchev–Trinajstić information content (AvgIpc) is 3.43. The zero-order valence-electron chi connectivity index (χ0n) is 17.1. The molecular formula is C20H32N6O2S. The van der Waals surface area contributed by atoms with Gasteiger partial charge in [-0.1, -0.05) is 24.2 Å². The van der Waals surface area contributed by atoms with Crippen LogP contribution in [0.25, 0.3) is 0 Å². The Morgan fingerprint density at radius 2 is 1.79 bits per heavy atom. The van der Waals surface area contributed by atoms with E-state index in [0.717, 1.165) is 50.4 Å². The molecule has 4 rings (SSSR count). The molecule has 4 heterocycles. The average molecular weight is 421 g/mol.